The minimum atomic E-state index is -3.64. The van der Waals surface area contributed by atoms with E-state index in [0.717, 1.165) is 11.1 Å². The lowest BCUT2D eigenvalue weighted by Crippen LogP contribution is -2.35. The first-order valence-electron chi connectivity index (χ1n) is 10.6. The highest BCUT2D eigenvalue weighted by Crippen LogP contribution is 2.33. The number of fused-ring (bicyclic) bond motifs is 1. The van der Waals surface area contributed by atoms with Crippen LogP contribution in [0.5, 0.6) is 11.5 Å². The maximum Gasteiger partial charge on any atom is 0.346 e. The number of nitrogens with zero attached hydrogens (tertiary/aromatic N) is 3. The number of amidine groups is 2. The number of sulfone groups is 1. The molecule has 0 radical (unpaired) electrons. The first kappa shape index (κ1) is 25.3. The zero-order valence-electron chi connectivity index (χ0n) is 19.0. The highest BCUT2D eigenvalue weighted by atomic mass is 32.3. The maximum atomic E-state index is 13.9. The number of ether oxygens (including phenoxy) is 2. The largest absolute Gasteiger partial charge is 0.490 e. The Morgan fingerprint density at radius 1 is 1.19 bits per heavy atom. The number of hydrazone groups is 1. The van der Waals surface area contributed by atoms with Crippen molar-refractivity contribution in [3.8, 4) is 11.5 Å². The van der Waals surface area contributed by atoms with Crippen LogP contribution in [0.3, 0.4) is 0 Å². The van der Waals surface area contributed by atoms with Crippen molar-refractivity contribution >= 4 is 54.9 Å². The summed E-state index contributed by atoms with van der Waals surface area (Å²) >= 11 is 0.712. The number of hydrogen-bond acceptors (Lipinski definition) is 9. The molecule has 13 heteroatoms. The summed E-state index contributed by atoms with van der Waals surface area (Å²) in [4.78, 5) is 28.9. The number of rotatable bonds is 6. The Labute approximate surface area is 209 Å². The zero-order chi connectivity index (χ0) is 26.0. The standard InChI is InChI=1S/C23H19FN4O6S2/c1-3-33-18-12-13(9-10-17(18)34-21(30)14-7-5-6-8-16(14)24)11-15-19(25)28-22(26-20(15)29)35-23(27-28)36(31,32)4-2/h5-12,25H,3-4H2,1-2H3/b15-11-,25-19?. The number of thioether (sulfide) groups is 1. The van der Waals surface area contributed by atoms with E-state index in [0.29, 0.717) is 17.3 Å². The molecule has 0 spiro atoms. The van der Waals surface area contributed by atoms with Crippen molar-refractivity contribution in [1.82, 2.24) is 5.01 Å². The first-order chi connectivity index (χ1) is 17.1. The minimum Gasteiger partial charge on any atom is -0.490 e. The number of halogens is 1. The monoisotopic (exact) mass is 530 g/mol. The summed E-state index contributed by atoms with van der Waals surface area (Å²) in [7, 11) is -3.64. The molecule has 2 aliphatic heterocycles. The molecule has 2 aromatic rings. The minimum absolute atomic E-state index is 0.0143. The van der Waals surface area contributed by atoms with Gasteiger partial charge in [0.15, 0.2) is 17.3 Å². The van der Waals surface area contributed by atoms with Gasteiger partial charge in [0.05, 0.1) is 23.5 Å². The van der Waals surface area contributed by atoms with Crippen LogP contribution in [0.15, 0.2) is 58.1 Å². The van der Waals surface area contributed by atoms with Gasteiger partial charge >= 0.3 is 5.97 Å². The van der Waals surface area contributed by atoms with E-state index in [2.05, 4.69) is 10.1 Å². The summed E-state index contributed by atoms with van der Waals surface area (Å²) in [6.45, 7) is 3.41. The Balaban J connectivity index is 1.63. The zero-order valence-corrected chi connectivity index (χ0v) is 20.7. The van der Waals surface area contributed by atoms with E-state index < -0.39 is 27.5 Å². The van der Waals surface area contributed by atoms with Crippen molar-refractivity contribution in [2.45, 2.75) is 13.8 Å². The molecule has 0 saturated heterocycles. The van der Waals surface area contributed by atoms with Crippen LogP contribution in [0, 0.1) is 11.2 Å². The van der Waals surface area contributed by atoms with Gasteiger partial charge in [-0.25, -0.2) is 17.6 Å². The quantitative estimate of drug-likeness (QED) is 0.340. The number of nitrogens with one attached hydrogen (secondary N) is 1. The molecule has 2 aromatic carbocycles. The van der Waals surface area contributed by atoms with E-state index in [9.17, 15) is 22.4 Å². The molecule has 0 unspecified atom stereocenters. The fraction of sp³-hybridized carbons (Fsp3) is 0.174. The van der Waals surface area contributed by atoms with Gasteiger partial charge in [-0.15, -0.1) is 5.10 Å². The van der Waals surface area contributed by atoms with Crippen molar-refractivity contribution < 1.29 is 31.9 Å². The van der Waals surface area contributed by atoms with Crippen molar-refractivity contribution in [3.63, 3.8) is 0 Å². The number of carbonyl (C=O) groups is 2. The Morgan fingerprint density at radius 2 is 1.94 bits per heavy atom. The molecule has 10 nitrogen and oxygen atoms in total. The van der Waals surface area contributed by atoms with Gasteiger partial charge in [-0.3, -0.25) is 10.2 Å². The van der Waals surface area contributed by atoms with E-state index >= 15 is 0 Å². The molecule has 4 rings (SSSR count). The molecular formula is C23H19FN4O6S2. The molecule has 186 valence electrons. The number of hydrogen-bond donors (Lipinski definition) is 1. The van der Waals surface area contributed by atoms with Crippen molar-refractivity contribution in [2.24, 2.45) is 10.1 Å². The third-order valence-corrected chi connectivity index (χ3v) is 8.05. The molecule has 1 N–H and O–H groups in total. The average molecular weight is 531 g/mol. The van der Waals surface area contributed by atoms with Gasteiger partial charge in [0.2, 0.25) is 19.4 Å². The van der Waals surface area contributed by atoms with Crippen molar-refractivity contribution in [2.75, 3.05) is 12.4 Å². The summed E-state index contributed by atoms with van der Waals surface area (Å²) in [5.41, 5.74) is 0.0412. The fourth-order valence-electron chi connectivity index (χ4n) is 3.14. The second-order valence-corrected chi connectivity index (χ2v) is 10.7. The molecule has 2 aliphatic rings. The van der Waals surface area contributed by atoms with E-state index in [1.807, 2.05) is 0 Å². The third-order valence-electron chi connectivity index (χ3n) is 4.96. The van der Waals surface area contributed by atoms with Gasteiger partial charge in [-0.05, 0) is 54.6 Å². The van der Waals surface area contributed by atoms with E-state index in [1.165, 1.54) is 49.4 Å². The molecule has 0 atom stereocenters. The lowest BCUT2D eigenvalue weighted by molar-refractivity contribution is -0.114. The van der Waals surface area contributed by atoms with Crippen LogP contribution in [0.4, 0.5) is 4.39 Å². The smallest absolute Gasteiger partial charge is 0.346 e. The summed E-state index contributed by atoms with van der Waals surface area (Å²) < 4.78 is 48.9. The number of carbonyl (C=O) groups excluding carboxylic acids is 2. The fourth-order valence-corrected chi connectivity index (χ4v) is 5.30. The molecule has 36 heavy (non-hydrogen) atoms. The van der Waals surface area contributed by atoms with Crippen LogP contribution in [-0.2, 0) is 14.6 Å². The van der Waals surface area contributed by atoms with Crippen LogP contribution >= 0.6 is 11.8 Å². The predicted molar refractivity (Wildman–Crippen MR) is 133 cm³/mol. The lowest BCUT2D eigenvalue weighted by atomic mass is 10.1. The summed E-state index contributed by atoms with van der Waals surface area (Å²) in [5.74, 6) is -2.71. The first-order valence-corrected chi connectivity index (χ1v) is 13.1. The van der Waals surface area contributed by atoms with Gasteiger partial charge in [-0.1, -0.05) is 25.1 Å². The molecule has 0 saturated carbocycles. The maximum absolute atomic E-state index is 13.9. The summed E-state index contributed by atoms with van der Waals surface area (Å²) in [6, 6.07) is 9.80. The molecule has 0 aliphatic carbocycles. The Morgan fingerprint density at radius 3 is 2.64 bits per heavy atom. The Hall–Kier alpha value is -3.84. The number of benzene rings is 2. The van der Waals surface area contributed by atoms with E-state index in [-0.39, 0.29) is 50.4 Å². The topological polar surface area (TPSA) is 139 Å². The average Bonchev–Trinajstić information content (AvgIpc) is 3.29. The Bertz CT molecular complexity index is 1480. The molecule has 0 fully saturated rings. The van der Waals surface area contributed by atoms with Crippen LogP contribution < -0.4 is 9.47 Å². The second kappa shape index (κ2) is 10.0. The van der Waals surface area contributed by atoms with Crippen molar-refractivity contribution in [1.29, 1.82) is 5.41 Å². The van der Waals surface area contributed by atoms with Crippen LogP contribution in [0.1, 0.15) is 29.8 Å². The molecule has 0 aromatic heterocycles. The molecular weight excluding hydrogens is 511 g/mol. The number of amides is 1. The SMILES string of the molecule is CCOc1cc(/C=C2/C(=N)N3N=C(S(=O)(=O)CC)SC3=NC2=O)ccc1OC(=O)c1ccccc1F. The van der Waals surface area contributed by atoms with E-state index in [1.54, 1.807) is 6.92 Å². The van der Waals surface area contributed by atoms with Gasteiger partial charge < -0.3 is 9.47 Å². The lowest BCUT2D eigenvalue weighted by Gasteiger charge is -2.20. The molecule has 2 heterocycles. The van der Waals surface area contributed by atoms with Gasteiger partial charge in [-0.2, -0.15) is 10.0 Å². The highest BCUT2D eigenvalue weighted by Gasteiger charge is 2.39. The normalized spacial score (nSPS) is 16.5. The van der Waals surface area contributed by atoms with Gasteiger partial charge in [0, 0.05) is 0 Å². The van der Waals surface area contributed by atoms with Crippen LogP contribution in [0.25, 0.3) is 6.08 Å². The van der Waals surface area contributed by atoms with Crippen LogP contribution in [-0.4, -0.2) is 53.0 Å². The second-order valence-electron chi connectivity index (χ2n) is 7.30. The number of aliphatic imine (C=N–C) groups is 1. The molecule has 0 bridgehead atoms. The summed E-state index contributed by atoms with van der Waals surface area (Å²) in [6.07, 6.45) is 1.36. The highest BCUT2D eigenvalue weighted by molar-refractivity contribution is 8.42. The third kappa shape index (κ3) is 4.93. The summed E-state index contributed by atoms with van der Waals surface area (Å²) in [5, 5.41) is 13.3. The van der Waals surface area contributed by atoms with Crippen LogP contribution in [0.2, 0.25) is 0 Å². The van der Waals surface area contributed by atoms with Gasteiger partial charge in [0.1, 0.15) is 5.82 Å². The number of esters is 1. The van der Waals surface area contributed by atoms with Gasteiger partial charge in [0.25, 0.3) is 5.91 Å². The Kier molecular flexibility index (Phi) is 7.04. The predicted octanol–water partition coefficient (Wildman–Crippen LogP) is 3.45. The molecule has 1 amide bonds. The van der Waals surface area contributed by atoms with E-state index in [4.69, 9.17) is 14.9 Å². The van der Waals surface area contributed by atoms with Crippen molar-refractivity contribution in [3.05, 3.63) is 65.0 Å².